The third kappa shape index (κ3) is 6.55. The molecule has 4 aromatic rings. The average Bonchev–Trinajstić information content (AvgIpc) is 2.86. The van der Waals surface area contributed by atoms with Crippen LogP contribution in [-0.2, 0) is 29.7 Å². The first-order valence-electron chi connectivity index (χ1n) is 10.6. The largest absolute Gasteiger partial charge is 0.487 e. The molecule has 174 valence electrons. The van der Waals surface area contributed by atoms with Crippen LogP contribution in [0.15, 0.2) is 95.9 Å². The van der Waals surface area contributed by atoms with Gasteiger partial charge in [-0.3, -0.25) is 0 Å². The first-order chi connectivity index (χ1) is 16.5. The highest BCUT2D eigenvalue weighted by Crippen LogP contribution is 2.27. The van der Waals surface area contributed by atoms with Gasteiger partial charge in [-0.15, -0.1) is 10.2 Å². The molecule has 0 radical (unpaired) electrons. The lowest BCUT2D eigenvalue weighted by Crippen LogP contribution is -2.06. The Kier molecular flexibility index (Phi) is 7.39. The van der Waals surface area contributed by atoms with E-state index < -0.39 is 9.84 Å². The number of ether oxygens (including phenoxy) is 3. The Bertz CT molecular complexity index is 1310. The van der Waals surface area contributed by atoms with E-state index in [1.54, 1.807) is 18.2 Å². The lowest BCUT2D eigenvalue weighted by atomic mass is 10.2. The first-order valence-corrected chi connectivity index (χ1v) is 12.5. The van der Waals surface area contributed by atoms with Crippen LogP contribution in [0.4, 0.5) is 0 Å². The summed E-state index contributed by atoms with van der Waals surface area (Å²) in [5.74, 6) is 1.27. The summed E-state index contributed by atoms with van der Waals surface area (Å²) in [7, 11) is -3.26. The van der Waals surface area contributed by atoms with Crippen molar-refractivity contribution in [2.75, 3.05) is 6.26 Å². The summed E-state index contributed by atoms with van der Waals surface area (Å²) in [5, 5.41) is 8.41. The van der Waals surface area contributed by atoms with Crippen molar-refractivity contribution in [3.63, 3.8) is 0 Å². The fourth-order valence-corrected chi connectivity index (χ4v) is 3.71. The van der Waals surface area contributed by atoms with E-state index in [-0.39, 0.29) is 11.5 Å². The van der Waals surface area contributed by atoms with E-state index in [4.69, 9.17) is 14.2 Å². The Labute approximate surface area is 198 Å². The van der Waals surface area contributed by atoms with Crippen molar-refractivity contribution in [2.24, 2.45) is 0 Å². The van der Waals surface area contributed by atoms with Crippen molar-refractivity contribution in [1.82, 2.24) is 10.2 Å². The van der Waals surface area contributed by atoms with Crippen molar-refractivity contribution in [3.05, 3.63) is 108 Å². The summed E-state index contributed by atoms with van der Waals surface area (Å²) in [6.07, 6.45) is 1.16. The maximum Gasteiger partial charge on any atom is 0.276 e. The first kappa shape index (κ1) is 23.3. The minimum Gasteiger partial charge on any atom is -0.487 e. The molecule has 1 heterocycles. The zero-order chi connectivity index (χ0) is 23.8. The Morgan fingerprint density at radius 3 is 1.85 bits per heavy atom. The van der Waals surface area contributed by atoms with Gasteiger partial charge in [0.2, 0.25) is 0 Å². The van der Waals surface area contributed by atoms with Gasteiger partial charge in [-0.25, -0.2) is 8.42 Å². The Morgan fingerprint density at radius 2 is 1.26 bits per heavy atom. The van der Waals surface area contributed by atoms with Gasteiger partial charge in [0.05, 0.1) is 4.90 Å². The van der Waals surface area contributed by atoms with Gasteiger partial charge in [-0.05, 0) is 35.4 Å². The number of aromatic nitrogens is 2. The molecule has 8 heteroatoms. The zero-order valence-corrected chi connectivity index (χ0v) is 19.4. The number of nitrogens with zero attached hydrogens (tertiary/aromatic N) is 2. The predicted octanol–water partition coefficient (Wildman–Crippen LogP) is 4.62. The molecule has 1 aromatic heterocycles. The molecule has 3 aromatic carbocycles. The maximum absolute atomic E-state index is 11.6. The molecule has 0 N–H and O–H groups in total. The summed E-state index contributed by atoms with van der Waals surface area (Å²) < 4.78 is 40.9. The fourth-order valence-electron chi connectivity index (χ4n) is 3.08. The lowest BCUT2D eigenvalue weighted by molar-refractivity contribution is 0.240. The summed E-state index contributed by atoms with van der Waals surface area (Å²) in [5.41, 5.74) is 2.56. The van der Waals surface area contributed by atoms with Crippen LogP contribution in [0.2, 0.25) is 0 Å². The van der Waals surface area contributed by atoms with Crippen LogP contribution in [0.25, 0.3) is 0 Å². The molecule has 7 nitrogen and oxygen atoms in total. The number of hydrogen-bond acceptors (Lipinski definition) is 7. The van der Waals surface area contributed by atoms with Crippen LogP contribution < -0.4 is 14.2 Å². The van der Waals surface area contributed by atoms with Gasteiger partial charge >= 0.3 is 0 Å². The highest BCUT2D eigenvalue weighted by molar-refractivity contribution is 7.90. The zero-order valence-electron chi connectivity index (χ0n) is 18.6. The number of rotatable bonds is 10. The van der Waals surface area contributed by atoms with Gasteiger partial charge in [0, 0.05) is 12.3 Å². The Morgan fingerprint density at radius 1 is 0.676 bits per heavy atom. The van der Waals surface area contributed by atoms with Crippen LogP contribution in [0.1, 0.15) is 16.8 Å². The van der Waals surface area contributed by atoms with E-state index >= 15 is 0 Å². The van der Waals surface area contributed by atoms with Crippen LogP contribution >= 0.6 is 0 Å². The van der Waals surface area contributed by atoms with Crippen LogP contribution in [-0.4, -0.2) is 24.9 Å². The summed E-state index contributed by atoms with van der Waals surface area (Å²) >= 11 is 0. The summed E-state index contributed by atoms with van der Waals surface area (Å²) in [4.78, 5) is 0.233. The molecule has 0 saturated carbocycles. The smallest absolute Gasteiger partial charge is 0.276 e. The monoisotopic (exact) mass is 476 g/mol. The van der Waals surface area contributed by atoms with Crippen molar-refractivity contribution in [3.8, 4) is 17.4 Å². The molecule has 0 aliphatic rings. The second-order valence-electron chi connectivity index (χ2n) is 7.59. The molecule has 0 saturated heterocycles. The highest BCUT2D eigenvalue weighted by Gasteiger charge is 2.12. The van der Waals surface area contributed by atoms with Gasteiger partial charge in [-0.2, -0.15) is 0 Å². The normalized spacial score (nSPS) is 11.1. The van der Waals surface area contributed by atoms with Gasteiger partial charge < -0.3 is 14.2 Å². The van der Waals surface area contributed by atoms with E-state index in [1.807, 2.05) is 60.7 Å². The minimum atomic E-state index is -3.26. The quantitative estimate of drug-likeness (QED) is 0.330. The molecule has 0 fully saturated rings. The van der Waals surface area contributed by atoms with E-state index in [1.165, 1.54) is 12.1 Å². The molecule has 0 aliphatic carbocycles. The fraction of sp³-hybridized carbons (Fsp3) is 0.154. The Hall–Kier alpha value is -3.91. The van der Waals surface area contributed by atoms with Crippen molar-refractivity contribution in [2.45, 2.75) is 24.7 Å². The van der Waals surface area contributed by atoms with E-state index in [2.05, 4.69) is 10.2 Å². The molecule has 34 heavy (non-hydrogen) atoms. The van der Waals surface area contributed by atoms with Crippen LogP contribution in [0, 0.1) is 0 Å². The lowest BCUT2D eigenvalue weighted by Gasteiger charge is -2.13. The molecule has 4 rings (SSSR count). The highest BCUT2D eigenvalue weighted by atomic mass is 32.2. The maximum atomic E-state index is 11.6. The van der Waals surface area contributed by atoms with Crippen LogP contribution in [0.5, 0.6) is 17.4 Å². The van der Waals surface area contributed by atoms with E-state index in [0.29, 0.717) is 36.3 Å². The molecule has 0 unspecified atom stereocenters. The van der Waals surface area contributed by atoms with E-state index in [9.17, 15) is 8.42 Å². The van der Waals surface area contributed by atoms with Crippen molar-refractivity contribution < 1.29 is 22.6 Å². The molecular weight excluding hydrogens is 452 g/mol. The minimum absolute atomic E-state index is 0.131. The third-order valence-corrected chi connectivity index (χ3v) is 6.00. The molecule has 0 bridgehead atoms. The van der Waals surface area contributed by atoms with Crippen molar-refractivity contribution >= 4 is 9.84 Å². The van der Waals surface area contributed by atoms with Gasteiger partial charge in [0.1, 0.15) is 31.3 Å². The second kappa shape index (κ2) is 10.8. The standard InChI is InChI=1S/C26H24N2O5S/c1-34(29,30)24-14-12-23(13-15-24)31-19-22-16-25(32-17-20-8-4-2-5-9-20)26(28-27-22)33-18-21-10-6-3-7-11-21/h2-16H,17-19H2,1H3. The topological polar surface area (TPSA) is 87.6 Å². The molecule has 0 amide bonds. The van der Waals surface area contributed by atoms with E-state index in [0.717, 1.165) is 17.4 Å². The number of hydrogen-bond donors (Lipinski definition) is 0. The van der Waals surface area contributed by atoms with Gasteiger partial charge in [-0.1, -0.05) is 60.7 Å². The van der Waals surface area contributed by atoms with Crippen molar-refractivity contribution in [1.29, 1.82) is 0 Å². The molecule has 0 atom stereocenters. The third-order valence-electron chi connectivity index (χ3n) is 4.87. The van der Waals surface area contributed by atoms with Gasteiger partial charge in [0.25, 0.3) is 5.88 Å². The second-order valence-corrected chi connectivity index (χ2v) is 9.60. The SMILES string of the molecule is CS(=O)(=O)c1ccc(OCc2cc(OCc3ccccc3)c(OCc3ccccc3)nn2)cc1. The number of benzene rings is 3. The predicted molar refractivity (Wildman–Crippen MR) is 127 cm³/mol. The average molecular weight is 477 g/mol. The molecular formula is C26H24N2O5S. The summed E-state index contributed by atoms with van der Waals surface area (Å²) in [6.45, 7) is 0.813. The van der Waals surface area contributed by atoms with Crippen LogP contribution in [0.3, 0.4) is 0 Å². The number of sulfone groups is 1. The summed E-state index contributed by atoms with van der Waals surface area (Å²) in [6, 6.07) is 27.5. The molecule has 0 aliphatic heterocycles. The molecule has 0 spiro atoms. The Balaban J connectivity index is 1.47. The van der Waals surface area contributed by atoms with Gasteiger partial charge in [0.15, 0.2) is 15.6 Å².